The molecule has 0 spiro atoms. The number of pyridine rings is 1. The second-order valence-electron chi connectivity index (χ2n) is 34.4. The molecular formula is C86H110N10O25S3. The normalized spacial score (nSPS) is 23.8. The van der Waals surface area contributed by atoms with Crippen molar-refractivity contribution in [1.82, 2.24) is 40.2 Å². The molecule has 0 radical (unpaired) electrons. The zero-order chi connectivity index (χ0) is 90.2. The average Bonchev–Trinajstić information content (AvgIpc) is 0.731. The SMILES string of the molecule is CSCCC(=O)N[C@H]1C[C@@H](COCCS(=O)(=O)O)N(CC(=O)C[C@H](C(=O)N[C@@H](C)C(=O)Cc2ccc(COC(=O)N(CCOC34CC5(C)CC(C)(CC(Cn6ncc(-c7ccc(N8CCc9cccc(C(=O)Nc%10nc%11ccccc%11s%10)c9C8)nc7C(=O)O)c6C)(C5)C3)C4)CC[C@H](O)CO)c(CC[C@@H]3OC[C@@H](O)[C@H](O)[C@H]3O)c2)C(C)C)C1=O.O=C=O.O=C=O. The molecule has 3 aliphatic heterocycles. The van der Waals surface area contributed by atoms with Gasteiger partial charge >= 0.3 is 24.4 Å². The number of ether oxygens (including phenoxy) is 4. The highest BCUT2D eigenvalue weighted by atomic mass is 32.2. The quantitative estimate of drug-likeness (QED) is 0.0163. The highest BCUT2D eigenvalue weighted by molar-refractivity contribution is 7.98. The van der Waals surface area contributed by atoms with Crippen molar-refractivity contribution in [2.75, 3.05) is 87.2 Å². The van der Waals surface area contributed by atoms with Crippen molar-refractivity contribution in [1.29, 1.82) is 0 Å². The van der Waals surface area contributed by atoms with Crippen LogP contribution in [0.1, 0.15) is 160 Å². The first-order valence-corrected chi connectivity index (χ1v) is 45.1. The van der Waals surface area contributed by atoms with Crippen LogP contribution in [0, 0.1) is 35.0 Å². The Bertz CT molecular complexity index is 4970. The van der Waals surface area contributed by atoms with Gasteiger partial charge in [0.15, 0.2) is 22.4 Å². The van der Waals surface area contributed by atoms with Gasteiger partial charge in [0.2, 0.25) is 17.7 Å². The molecule has 3 aromatic carbocycles. The molecule has 11 atom stereocenters. The first-order chi connectivity index (χ1) is 58.9. The number of para-hydroxylation sites is 1. The number of thioether (sulfide) groups is 1. The summed E-state index contributed by atoms with van der Waals surface area (Å²) >= 11 is 2.84. The second-order valence-corrected chi connectivity index (χ2v) is 38.0. The summed E-state index contributed by atoms with van der Waals surface area (Å²) < 4.78 is 59.4. The number of amides is 5. The average molecular weight is 1780 g/mol. The van der Waals surface area contributed by atoms with E-state index >= 15 is 0 Å². The molecule has 4 aliphatic carbocycles. The van der Waals surface area contributed by atoms with Crippen molar-refractivity contribution in [3.05, 3.63) is 124 Å². The molecule has 2 saturated heterocycles. The van der Waals surface area contributed by atoms with Gasteiger partial charge in [-0.05, 0) is 171 Å². The molecule has 38 heteroatoms. The molecule has 10 N–H and O–H groups in total. The second kappa shape index (κ2) is 42.6. The number of likely N-dealkylation sites (tertiary alicyclic amines) is 1. The number of ketones is 2. The van der Waals surface area contributed by atoms with Crippen LogP contribution in [0.3, 0.4) is 0 Å². The van der Waals surface area contributed by atoms with Crippen molar-refractivity contribution < 1.29 is 120 Å². The number of carboxylic acid groups (broad SMARTS) is 1. The van der Waals surface area contributed by atoms with Crippen molar-refractivity contribution in [2.45, 2.75) is 205 Å². The van der Waals surface area contributed by atoms with Crippen LogP contribution in [0.15, 0.2) is 79.0 Å². The number of anilines is 2. The van der Waals surface area contributed by atoms with Crippen LogP contribution in [0.5, 0.6) is 0 Å². The van der Waals surface area contributed by atoms with Crippen LogP contribution in [0.4, 0.5) is 15.7 Å². The van der Waals surface area contributed by atoms with Gasteiger partial charge in [0.25, 0.3) is 16.0 Å². The number of aromatic carboxylic acids is 1. The number of aliphatic hydroxyl groups excluding tert-OH is 5. The van der Waals surface area contributed by atoms with Crippen molar-refractivity contribution in [3.8, 4) is 11.1 Å². The summed E-state index contributed by atoms with van der Waals surface area (Å²) in [6, 6.07) is 19.3. The lowest BCUT2D eigenvalue weighted by molar-refractivity contribution is -0.248. The summed E-state index contributed by atoms with van der Waals surface area (Å²) in [6.45, 7) is 11.0. The molecule has 6 fully saturated rings. The molecule has 672 valence electrons. The Hall–Kier alpha value is -9.63. The molecule has 6 heterocycles. The summed E-state index contributed by atoms with van der Waals surface area (Å²) in [5.41, 5.74) is 5.36. The molecule has 35 nitrogen and oxygen atoms in total. The van der Waals surface area contributed by atoms with E-state index in [0.29, 0.717) is 82.6 Å². The molecule has 5 amide bonds. The lowest BCUT2D eigenvalue weighted by Crippen LogP contribution is -2.64. The topological polar surface area (TPSA) is 507 Å². The minimum absolute atomic E-state index is 0.00932. The fraction of sp³-hybridized carbons (Fsp3) is 0.570. The van der Waals surface area contributed by atoms with Gasteiger partial charge in [-0.1, -0.05) is 81.5 Å². The van der Waals surface area contributed by atoms with Crippen molar-refractivity contribution in [2.24, 2.45) is 28.1 Å². The third kappa shape index (κ3) is 24.7. The smallest absolute Gasteiger partial charge is 0.410 e. The predicted octanol–water partition coefficient (Wildman–Crippen LogP) is 5.73. The van der Waals surface area contributed by atoms with E-state index in [-0.39, 0.29) is 131 Å². The number of aryl methyl sites for hydroxylation is 1. The van der Waals surface area contributed by atoms with E-state index in [1.165, 1.54) is 39.8 Å². The van der Waals surface area contributed by atoms with Gasteiger partial charge in [0.05, 0.1) is 91.6 Å². The van der Waals surface area contributed by atoms with Crippen molar-refractivity contribution in [3.63, 3.8) is 0 Å². The Kier molecular flexibility index (Phi) is 33.2. The number of hydrogen-bond acceptors (Lipinski definition) is 29. The summed E-state index contributed by atoms with van der Waals surface area (Å²) in [6.07, 6.45) is 2.63. The fourth-order valence-electron chi connectivity index (χ4n) is 19.4. The molecule has 3 aromatic heterocycles. The lowest BCUT2D eigenvalue weighted by Gasteiger charge is -2.69. The molecule has 13 rings (SSSR count). The number of nitrogens with one attached hydrogen (secondary N) is 3. The Morgan fingerprint density at radius 3 is 2.28 bits per heavy atom. The van der Waals surface area contributed by atoms with E-state index in [9.17, 15) is 82.0 Å². The van der Waals surface area contributed by atoms with E-state index in [1.807, 2.05) is 65.2 Å². The van der Waals surface area contributed by atoms with E-state index < -0.39 is 137 Å². The van der Waals surface area contributed by atoms with Gasteiger partial charge in [-0.2, -0.15) is 44.5 Å². The number of aromatic nitrogens is 4. The number of carbonyl (C=O) groups is 8. The number of benzene rings is 3. The van der Waals surface area contributed by atoms with Gasteiger partial charge in [0, 0.05) is 86.0 Å². The third-order valence-electron chi connectivity index (χ3n) is 24.2. The predicted molar refractivity (Wildman–Crippen MR) is 450 cm³/mol. The fourth-order valence-corrected chi connectivity index (χ4v) is 21.0. The maximum absolute atomic E-state index is 14.5. The number of rotatable bonds is 39. The van der Waals surface area contributed by atoms with Gasteiger partial charge in [-0.15, -0.1) is 0 Å². The molecular weight excluding hydrogens is 1670 g/mol. The number of aliphatic hydroxyl groups is 5. The molecule has 124 heavy (non-hydrogen) atoms. The monoisotopic (exact) mass is 1780 g/mol. The largest absolute Gasteiger partial charge is 0.476 e. The number of hydrogen-bond donors (Lipinski definition) is 10. The molecule has 4 saturated carbocycles. The number of carbonyl (C=O) groups excluding carboxylic acids is 11. The van der Waals surface area contributed by atoms with Crippen LogP contribution >= 0.6 is 23.1 Å². The minimum Gasteiger partial charge on any atom is -0.476 e. The number of nitrogens with zero attached hydrogens (tertiary/aromatic N) is 7. The number of carboxylic acids is 1. The zero-order valence-electron chi connectivity index (χ0n) is 70.4. The van der Waals surface area contributed by atoms with Crippen molar-refractivity contribution >= 4 is 114 Å². The lowest BCUT2D eigenvalue weighted by atomic mass is 9.39. The maximum Gasteiger partial charge on any atom is 0.410 e. The molecule has 2 unspecified atom stereocenters. The van der Waals surface area contributed by atoms with Crippen LogP contribution in [-0.2, 0) is 111 Å². The first-order valence-electron chi connectivity index (χ1n) is 41.2. The standard InChI is InChI=1S/C84H110N10O21S3.2CO2/c1-49(2)61(34-58(97)36-93-56(40-112-28-30-118(109,110)111)33-65(77(93)105)87-71(100)23-29-116-7)76(104)86-50(3)66(98)32-52-15-16-55(54(31-52)17-19-68-74(102)73(101)67(99)41-113-68)39-114-80(108)91(25-22-57(96)38-95)26-27-115-84-45-81(5)42-82(6,46-84)44-83(43-81,47-84)48-94-51(4)62(35-85-94)59-18-20-70(89-72(59)78(106)107)92-24-21-53-11-10-12-60(63(53)37-92)75(103)90-79-88-64-13-8-9-14-69(64)117-79;2*2-1-3/h8-16,18,20,31,35,49-50,56-57,61,65,67-68,73-74,95-96,99,101-102H,17,19,21-30,32-34,36-48H2,1-7H3,(H,86,104)(H,87,100)(H,106,107)(H,88,90,103)(H,109,110,111);;/t50-,56-,57-,61-,65-,67+,68-,73-,74-,81?,82?,83?,84?;;/m0../s1. The highest BCUT2D eigenvalue weighted by Gasteiger charge is 2.66. The van der Waals surface area contributed by atoms with Crippen LogP contribution in [0.2, 0.25) is 0 Å². The summed E-state index contributed by atoms with van der Waals surface area (Å²) in [7, 11) is -4.35. The Balaban J connectivity index is 0.00000260. The summed E-state index contributed by atoms with van der Waals surface area (Å²) in [4.78, 5) is 157. The molecule has 4 bridgehead atoms. The van der Waals surface area contributed by atoms with E-state index in [4.69, 9.17) is 48.2 Å². The van der Waals surface area contributed by atoms with E-state index in [2.05, 4.69) is 34.8 Å². The Labute approximate surface area is 725 Å². The molecule has 6 aromatic rings. The van der Waals surface area contributed by atoms with E-state index in [0.717, 1.165) is 59.1 Å². The van der Waals surface area contributed by atoms with E-state index in [1.54, 1.807) is 50.4 Å². The number of fused-ring (bicyclic) bond motifs is 2. The third-order valence-corrected chi connectivity index (χ3v) is 26.5. The van der Waals surface area contributed by atoms with Crippen LogP contribution < -0.4 is 20.9 Å². The summed E-state index contributed by atoms with van der Waals surface area (Å²) in [5.74, 6) is -5.02. The Morgan fingerprint density at radius 2 is 1.60 bits per heavy atom. The summed E-state index contributed by atoms with van der Waals surface area (Å²) in [5, 5.41) is 77.2. The van der Waals surface area contributed by atoms with Gasteiger partial charge in [0.1, 0.15) is 36.8 Å². The maximum atomic E-state index is 14.5. The number of Topliss-reactive ketones (excluding diaryl/α,β-unsaturated/α-hetero) is 2. The van der Waals surface area contributed by atoms with Crippen LogP contribution in [0.25, 0.3) is 21.3 Å². The zero-order valence-corrected chi connectivity index (χ0v) is 72.9. The first kappa shape index (κ1) is 96.6. The Morgan fingerprint density at radius 1 is 0.871 bits per heavy atom. The van der Waals surface area contributed by atoms with Gasteiger partial charge in [-0.25, -0.2) is 19.6 Å². The van der Waals surface area contributed by atoms with Gasteiger partial charge < -0.3 is 74.9 Å². The van der Waals surface area contributed by atoms with Crippen LogP contribution in [-0.4, -0.2) is 264 Å². The number of thiazole rings is 1. The van der Waals surface area contributed by atoms with Gasteiger partial charge in [-0.3, -0.25) is 43.3 Å². The molecule has 7 aliphatic rings. The highest BCUT2D eigenvalue weighted by Crippen LogP contribution is 2.72. The minimum atomic E-state index is -4.35.